The SMILES string of the molecule is Nc1ncc(-c2cccc(OCc3ccccc3)c2)nc1C(=O)O. The summed E-state index contributed by atoms with van der Waals surface area (Å²) in [5.41, 5.74) is 7.46. The number of anilines is 1. The number of aromatic carboxylic acids is 1. The van der Waals surface area contributed by atoms with Crippen LogP contribution in [0.25, 0.3) is 11.3 Å². The zero-order valence-corrected chi connectivity index (χ0v) is 12.7. The largest absolute Gasteiger partial charge is 0.489 e. The van der Waals surface area contributed by atoms with Crippen LogP contribution in [0.4, 0.5) is 5.82 Å². The van der Waals surface area contributed by atoms with Gasteiger partial charge in [-0.05, 0) is 17.7 Å². The molecule has 0 spiro atoms. The molecule has 0 unspecified atom stereocenters. The van der Waals surface area contributed by atoms with Gasteiger partial charge in [0.2, 0.25) is 0 Å². The van der Waals surface area contributed by atoms with Gasteiger partial charge in [-0.15, -0.1) is 0 Å². The first-order valence-electron chi connectivity index (χ1n) is 7.26. The van der Waals surface area contributed by atoms with Crippen molar-refractivity contribution < 1.29 is 14.6 Å². The molecule has 6 nitrogen and oxygen atoms in total. The van der Waals surface area contributed by atoms with E-state index in [4.69, 9.17) is 15.6 Å². The number of benzene rings is 2. The second-order valence-corrected chi connectivity index (χ2v) is 5.10. The van der Waals surface area contributed by atoms with Gasteiger partial charge in [0.25, 0.3) is 0 Å². The van der Waals surface area contributed by atoms with Crippen molar-refractivity contribution in [3.63, 3.8) is 0 Å². The number of rotatable bonds is 5. The van der Waals surface area contributed by atoms with E-state index in [1.165, 1.54) is 6.20 Å². The van der Waals surface area contributed by atoms with Crippen molar-refractivity contribution in [2.75, 3.05) is 5.73 Å². The molecule has 0 aliphatic carbocycles. The molecule has 1 heterocycles. The Morgan fingerprint density at radius 3 is 2.67 bits per heavy atom. The average molecular weight is 321 g/mol. The van der Waals surface area contributed by atoms with Crippen LogP contribution in [0.3, 0.4) is 0 Å². The number of ether oxygens (including phenoxy) is 1. The molecule has 0 amide bonds. The summed E-state index contributed by atoms with van der Waals surface area (Å²) in [6.45, 7) is 0.443. The molecule has 3 N–H and O–H groups in total. The van der Waals surface area contributed by atoms with Gasteiger partial charge in [0.1, 0.15) is 12.4 Å². The number of nitrogens with zero attached hydrogens (tertiary/aromatic N) is 2. The molecule has 0 saturated carbocycles. The number of nitrogens with two attached hydrogens (primary N) is 1. The molecule has 1 aromatic heterocycles. The minimum atomic E-state index is -1.21. The number of hydrogen-bond donors (Lipinski definition) is 2. The number of nitrogen functional groups attached to an aromatic ring is 1. The van der Waals surface area contributed by atoms with Crippen molar-refractivity contribution in [1.82, 2.24) is 9.97 Å². The Morgan fingerprint density at radius 2 is 1.92 bits per heavy atom. The first-order valence-corrected chi connectivity index (χ1v) is 7.26. The highest BCUT2D eigenvalue weighted by atomic mass is 16.5. The van der Waals surface area contributed by atoms with E-state index in [-0.39, 0.29) is 11.5 Å². The highest BCUT2D eigenvalue weighted by Gasteiger charge is 2.13. The quantitative estimate of drug-likeness (QED) is 0.749. The number of carboxylic acid groups (broad SMARTS) is 1. The van der Waals surface area contributed by atoms with Crippen molar-refractivity contribution >= 4 is 11.8 Å². The summed E-state index contributed by atoms with van der Waals surface area (Å²) >= 11 is 0. The normalized spacial score (nSPS) is 10.3. The fourth-order valence-corrected chi connectivity index (χ4v) is 2.18. The molecule has 3 aromatic rings. The molecule has 0 aliphatic heterocycles. The third-order valence-corrected chi connectivity index (χ3v) is 3.38. The molecular formula is C18H15N3O3. The first kappa shape index (κ1) is 15.5. The van der Waals surface area contributed by atoms with Gasteiger partial charge in [0.15, 0.2) is 11.5 Å². The van der Waals surface area contributed by atoms with Gasteiger partial charge < -0.3 is 15.6 Å². The molecule has 6 heteroatoms. The smallest absolute Gasteiger partial charge is 0.358 e. The van der Waals surface area contributed by atoms with Crippen LogP contribution in [-0.2, 0) is 6.61 Å². The monoisotopic (exact) mass is 321 g/mol. The van der Waals surface area contributed by atoms with Crippen LogP contribution in [0, 0.1) is 0 Å². The van der Waals surface area contributed by atoms with E-state index in [2.05, 4.69) is 9.97 Å². The maximum absolute atomic E-state index is 11.1. The third kappa shape index (κ3) is 3.49. The fraction of sp³-hybridized carbons (Fsp3) is 0.0556. The summed E-state index contributed by atoms with van der Waals surface area (Å²) in [6.07, 6.45) is 1.44. The van der Waals surface area contributed by atoms with Crippen LogP contribution in [0.15, 0.2) is 60.8 Å². The maximum atomic E-state index is 11.1. The fourth-order valence-electron chi connectivity index (χ4n) is 2.18. The van der Waals surface area contributed by atoms with E-state index in [9.17, 15) is 4.79 Å². The Kier molecular flexibility index (Phi) is 4.38. The van der Waals surface area contributed by atoms with Gasteiger partial charge in [0, 0.05) is 5.56 Å². The summed E-state index contributed by atoms with van der Waals surface area (Å²) in [4.78, 5) is 19.1. The molecule has 120 valence electrons. The van der Waals surface area contributed by atoms with Crippen molar-refractivity contribution in [2.24, 2.45) is 0 Å². The highest BCUT2D eigenvalue weighted by Crippen LogP contribution is 2.23. The van der Waals surface area contributed by atoms with Crippen LogP contribution in [0.1, 0.15) is 16.1 Å². The molecular weight excluding hydrogens is 306 g/mol. The van der Waals surface area contributed by atoms with Crippen molar-refractivity contribution in [3.8, 4) is 17.0 Å². The van der Waals surface area contributed by atoms with Crippen LogP contribution in [0.2, 0.25) is 0 Å². The van der Waals surface area contributed by atoms with Crippen molar-refractivity contribution in [3.05, 3.63) is 72.1 Å². The summed E-state index contributed by atoms with van der Waals surface area (Å²) < 4.78 is 5.77. The zero-order valence-electron chi connectivity index (χ0n) is 12.7. The molecule has 2 aromatic carbocycles. The van der Waals surface area contributed by atoms with E-state index >= 15 is 0 Å². The Hall–Kier alpha value is -3.41. The van der Waals surface area contributed by atoms with E-state index in [0.29, 0.717) is 23.6 Å². The lowest BCUT2D eigenvalue weighted by molar-refractivity contribution is 0.0691. The van der Waals surface area contributed by atoms with Crippen molar-refractivity contribution in [1.29, 1.82) is 0 Å². The highest BCUT2D eigenvalue weighted by molar-refractivity contribution is 5.90. The second kappa shape index (κ2) is 6.78. The minimum absolute atomic E-state index is 0.109. The van der Waals surface area contributed by atoms with Crippen LogP contribution < -0.4 is 10.5 Å². The Morgan fingerprint density at radius 1 is 1.12 bits per heavy atom. The number of aromatic nitrogens is 2. The summed E-state index contributed by atoms with van der Waals surface area (Å²) in [5.74, 6) is -0.659. The number of carboxylic acids is 1. The topological polar surface area (TPSA) is 98.3 Å². The molecule has 0 aliphatic rings. The summed E-state index contributed by atoms with van der Waals surface area (Å²) in [6, 6.07) is 17.0. The van der Waals surface area contributed by atoms with E-state index < -0.39 is 5.97 Å². The van der Waals surface area contributed by atoms with Gasteiger partial charge in [-0.1, -0.05) is 42.5 Å². The maximum Gasteiger partial charge on any atom is 0.358 e. The molecule has 0 saturated heterocycles. The molecule has 24 heavy (non-hydrogen) atoms. The van der Waals surface area contributed by atoms with Crippen LogP contribution in [0.5, 0.6) is 5.75 Å². The molecule has 0 fully saturated rings. The predicted molar refractivity (Wildman–Crippen MR) is 89.6 cm³/mol. The standard InChI is InChI=1S/C18H15N3O3/c19-17-16(18(22)23)21-15(10-20-17)13-7-4-8-14(9-13)24-11-12-5-2-1-3-6-12/h1-10H,11H2,(H2,19,20)(H,22,23). The minimum Gasteiger partial charge on any atom is -0.489 e. The van der Waals surface area contributed by atoms with Crippen molar-refractivity contribution in [2.45, 2.75) is 6.61 Å². The average Bonchev–Trinajstić information content (AvgIpc) is 2.61. The lowest BCUT2D eigenvalue weighted by Gasteiger charge is -2.09. The van der Waals surface area contributed by atoms with Gasteiger partial charge >= 0.3 is 5.97 Å². The second-order valence-electron chi connectivity index (χ2n) is 5.10. The van der Waals surface area contributed by atoms with E-state index in [0.717, 1.165) is 5.56 Å². The summed E-state index contributed by atoms with van der Waals surface area (Å²) in [5, 5.41) is 9.09. The number of hydrogen-bond acceptors (Lipinski definition) is 5. The first-order chi connectivity index (χ1) is 11.6. The Bertz CT molecular complexity index is 866. The van der Waals surface area contributed by atoms with Gasteiger partial charge in [-0.2, -0.15) is 0 Å². The molecule has 3 rings (SSSR count). The number of carbonyl (C=O) groups is 1. The van der Waals surface area contributed by atoms with E-state index in [1.807, 2.05) is 42.5 Å². The Balaban J connectivity index is 1.83. The molecule has 0 atom stereocenters. The van der Waals surface area contributed by atoms with E-state index in [1.54, 1.807) is 12.1 Å². The molecule has 0 bridgehead atoms. The lowest BCUT2D eigenvalue weighted by Crippen LogP contribution is -2.08. The van der Waals surface area contributed by atoms with Gasteiger partial charge in [0.05, 0.1) is 11.9 Å². The summed E-state index contributed by atoms with van der Waals surface area (Å²) in [7, 11) is 0. The van der Waals surface area contributed by atoms with Gasteiger partial charge in [-0.3, -0.25) is 0 Å². The third-order valence-electron chi connectivity index (χ3n) is 3.38. The van der Waals surface area contributed by atoms with Gasteiger partial charge in [-0.25, -0.2) is 14.8 Å². The Labute approximate surface area is 138 Å². The van der Waals surface area contributed by atoms with Crippen LogP contribution >= 0.6 is 0 Å². The zero-order chi connectivity index (χ0) is 16.9. The lowest BCUT2D eigenvalue weighted by atomic mass is 10.1. The predicted octanol–water partition coefficient (Wildman–Crippen LogP) is 3.00. The molecule has 0 radical (unpaired) electrons. The van der Waals surface area contributed by atoms with Crippen LogP contribution in [-0.4, -0.2) is 21.0 Å².